The zero-order chi connectivity index (χ0) is 25.8. The van der Waals surface area contributed by atoms with E-state index in [0.29, 0.717) is 32.5 Å². The highest BCUT2D eigenvalue weighted by molar-refractivity contribution is 8.02. The van der Waals surface area contributed by atoms with Gasteiger partial charge in [-0.1, -0.05) is 36.4 Å². The molecule has 7 nitrogen and oxygen atoms in total. The van der Waals surface area contributed by atoms with Gasteiger partial charge in [0.1, 0.15) is 6.04 Å². The lowest BCUT2D eigenvalue weighted by Gasteiger charge is -2.37. The number of amides is 3. The van der Waals surface area contributed by atoms with Crippen LogP contribution in [0.4, 0.5) is 5.69 Å². The van der Waals surface area contributed by atoms with Gasteiger partial charge in [-0.2, -0.15) is 0 Å². The number of aryl methyl sites for hydroxylation is 2. The Labute approximate surface area is 217 Å². The van der Waals surface area contributed by atoms with Crippen molar-refractivity contribution in [2.45, 2.75) is 49.1 Å². The molecule has 1 spiro atoms. The smallest absolute Gasteiger partial charge is 0.251 e. The SMILES string of the molecule is Cc1ccc(C)c(N2CC=C[C@]34S[C@]5(C)C=CCN(C)C(=O)[C@@H]5[C@H]3C(=O)N(CCCCO)C4C2=O)c1. The van der Waals surface area contributed by atoms with Crippen LogP contribution in [-0.2, 0) is 14.4 Å². The van der Waals surface area contributed by atoms with E-state index in [1.165, 1.54) is 0 Å². The van der Waals surface area contributed by atoms with Crippen molar-refractivity contribution in [3.05, 3.63) is 53.6 Å². The molecule has 5 atom stereocenters. The normalized spacial score (nSPS) is 33.5. The molecule has 2 fully saturated rings. The molecular formula is C28H35N3O4S. The standard InChI is InChI=1S/C28H35N3O4S/c1-18-9-10-19(2)20(17-18)30-15-8-12-28-22(21-24(33)29(4)13-7-11-27(21,3)36-28)25(34)31(14-5-6-16-32)23(28)26(30)35/h7-12,17,21-23,32H,5-6,13-16H2,1-4H3/t21-,22-,23?,27+,28-/m0/s1. The third kappa shape index (κ3) is 3.64. The van der Waals surface area contributed by atoms with Gasteiger partial charge in [0.15, 0.2) is 0 Å². The van der Waals surface area contributed by atoms with E-state index >= 15 is 0 Å². The van der Waals surface area contributed by atoms with Crippen LogP contribution in [0.2, 0.25) is 0 Å². The molecule has 0 saturated carbocycles. The van der Waals surface area contributed by atoms with Crippen LogP contribution in [0.3, 0.4) is 0 Å². The van der Waals surface area contributed by atoms with Crippen molar-refractivity contribution in [3.8, 4) is 0 Å². The number of benzene rings is 1. The van der Waals surface area contributed by atoms with Gasteiger partial charge in [-0.3, -0.25) is 14.4 Å². The number of likely N-dealkylation sites (N-methyl/N-ethyl adjacent to an activating group) is 1. The van der Waals surface area contributed by atoms with Crippen LogP contribution < -0.4 is 4.90 Å². The Morgan fingerprint density at radius 3 is 2.50 bits per heavy atom. The first-order valence-electron chi connectivity index (χ1n) is 12.7. The Morgan fingerprint density at radius 1 is 1.00 bits per heavy atom. The van der Waals surface area contributed by atoms with Crippen molar-refractivity contribution >= 4 is 35.2 Å². The van der Waals surface area contributed by atoms with E-state index in [9.17, 15) is 19.5 Å². The topological polar surface area (TPSA) is 81.2 Å². The number of rotatable bonds is 5. The van der Waals surface area contributed by atoms with Crippen molar-refractivity contribution < 1.29 is 19.5 Å². The average molecular weight is 510 g/mol. The van der Waals surface area contributed by atoms with E-state index < -0.39 is 27.4 Å². The number of hydrogen-bond acceptors (Lipinski definition) is 5. The predicted octanol–water partition coefficient (Wildman–Crippen LogP) is 2.69. The van der Waals surface area contributed by atoms with E-state index in [1.54, 1.807) is 33.5 Å². The number of aliphatic hydroxyl groups is 1. The van der Waals surface area contributed by atoms with Gasteiger partial charge >= 0.3 is 0 Å². The van der Waals surface area contributed by atoms with Gasteiger partial charge in [0, 0.05) is 43.7 Å². The van der Waals surface area contributed by atoms with Crippen molar-refractivity contribution in [2.75, 3.05) is 38.2 Å². The zero-order valence-corrected chi connectivity index (χ0v) is 22.3. The highest BCUT2D eigenvalue weighted by Crippen LogP contribution is 2.65. The van der Waals surface area contributed by atoms with E-state index in [2.05, 4.69) is 12.2 Å². The molecule has 4 aliphatic rings. The minimum atomic E-state index is -0.836. The second-order valence-electron chi connectivity index (χ2n) is 10.7. The first kappa shape index (κ1) is 25.1. The van der Waals surface area contributed by atoms with Gasteiger partial charge in [0.05, 0.1) is 16.6 Å². The Balaban J connectivity index is 1.64. The van der Waals surface area contributed by atoms with E-state index in [1.807, 2.05) is 51.1 Å². The number of carbonyl (C=O) groups is 3. The Morgan fingerprint density at radius 2 is 1.75 bits per heavy atom. The lowest BCUT2D eigenvalue weighted by Crippen LogP contribution is -2.53. The monoisotopic (exact) mass is 509 g/mol. The summed E-state index contributed by atoms with van der Waals surface area (Å²) in [7, 11) is 1.78. The molecule has 4 heterocycles. The van der Waals surface area contributed by atoms with Gasteiger partial charge in [-0.15, -0.1) is 11.8 Å². The summed E-state index contributed by atoms with van der Waals surface area (Å²) in [4.78, 5) is 47.5. The lowest BCUT2D eigenvalue weighted by atomic mass is 9.74. The van der Waals surface area contributed by atoms with E-state index in [4.69, 9.17) is 0 Å². The number of unbranched alkanes of at least 4 members (excludes halogenated alkanes) is 1. The molecule has 1 aromatic carbocycles. The number of carbonyl (C=O) groups excluding carboxylic acids is 3. The van der Waals surface area contributed by atoms with Crippen LogP contribution in [0.5, 0.6) is 0 Å². The van der Waals surface area contributed by atoms with Gasteiger partial charge in [0.2, 0.25) is 11.8 Å². The lowest BCUT2D eigenvalue weighted by molar-refractivity contribution is -0.143. The molecule has 0 radical (unpaired) electrons. The first-order valence-corrected chi connectivity index (χ1v) is 13.6. The highest BCUT2D eigenvalue weighted by atomic mass is 32.2. The summed E-state index contributed by atoms with van der Waals surface area (Å²) in [6.45, 7) is 7.39. The summed E-state index contributed by atoms with van der Waals surface area (Å²) < 4.78 is -1.42. The quantitative estimate of drug-likeness (QED) is 0.488. The fraction of sp³-hybridized carbons (Fsp3) is 0.536. The molecule has 3 amide bonds. The molecule has 0 bridgehead atoms. The summed E-state index contributed by atoms with van der Waals surface area (Å²) in [5, 5.41) is 9.37. The van der Waals surface area contributed by atoms with Crippen LogP contribution in [0.25, 0.3) is 0 Å². The minimum absolute atomic E-state index is 0.0350. The van der Waals surface area contributed by atoms with Crippen LogP contribution in [0.15, 0.2) is 42.5 Å². The van der Waals surface area contributed by atoms with Crippen molar-refractivity contribution in [1.29, 1.82) is 0 Å². The molecule has 5 rings (SSSR count). The zero-order valence-electron chi connectivity index (χ0n) is 21.4. The molecule has 8 heteroatoms. The average Bonchev–Trinajstić information content (AvgIpc) is 3.10. The largest absolute Gasteiger partial charge is 0.396 e. The molecule has 1 aromatic rings. The number of anilines is 1. The first-order chi connectivity index (χ1) is 17.1. The van der Waals surface area contributed by atoms with Gasteiger partial charge in [-0.25, -0.2) is 0 Å². The fourth-order valence-corrected chi connectivity index (χ4v) is 8.66. The van der Waals surface area contributed by atoms with Crippen molar-refractivity contribution in [1.82, 2.24) is 9.80 Å². The summed E-state index contributed by atoms with van der Waals surface area (Å²) in [6, 6.07) is 5.36. The molecule has 36 heavy (non-hydrogen) atoms. The summed E-state index contributed by atoms with van der Waals surface area (Å²) in [6.07, 6.45) is 9.30. The highest BCUT2D eigenvalue weighted by Gasteiger charge is 2.73. The van der Waals surface area contributed by atoms with Crippen LogP contribution in [-0.4, -0.2) is 81.5 Å². The maximum Gasteiger partial charge on any atom is 0.251 e. The number of thioether (sulfide) groups is 1. The maximum absolute atomic E-state index is 14.5. The second-order valence-corrected chi connectivity index (χ2v) is 12.5. The molecule has 1 unspecified atom stereocenters. The maximum atomic E-state index is 14.5. The van der Waals surface area contributed by atoms with Crippen molar-refractivity contribution in [3.63, 3.8) is 0 Å². The number of hydrogen-bond donors (Lipinski definition) is 1. The molecule has 0 aliphatic carbocycles. The Kier molecular flexibility index (Phi) is 6.32. The van der Waals surface area contributed by atoms with Crippen LogP contribution in [0.1, 0.15) is 30.9 Å². The molecular weight excluding hydrogens is 474 g/mol. The molecule has 2 saturated heterocycles. The molecule has 192 valence electrons. The third-order valence-electron chi connectivity index (χ3n) is 8.22. The number of likely N-dealkylation sites (tertiary alicyclic amines) is 1. The van der Waals surface area contributed by atoms with Crippen molar-refractivity contribution in [2.24, 2.45) is 11.8 Å². The number of nitrogens with zero attached hydrogens (tertiary/aromatic N) is 3. The van der Waals surface area contributed by atoms with Crippen LogP contribution >= 0.6 is 11.8 Å². The van der Waals surface area contributed by atoms with Gasteiger partial charge < -0.3 is 19.8 Å². The molecule has 4 aliphatic heterocycles. The van der Waals surface area contributed by atoms with E-state index in [-0.39, 0.29) is 24.3 Å². The van der Waals surface area contributed by atoms with E-state index in [0.717, 1.165) is 16.8 Å². The minimum Gasteiger partial charge on any atom is -0.396 e. The molecule has 1 N–H and O–H groups in total. The van der Waals surface area contributed by atoms with Gasteiger partial charge in [-0.05, 0) is 50.8 Å². The predicted molar refractivity (Wildman–Crippen MR) is 142 cm³/mol. The van der Waals surface area contributed by atoms with Gasteiger partial charge in [0.25, 0.3) is 5.91 Å². The summed E-state index contributed by atoms with van der Waals surface area (Å²) in [5.74, 6) is -1.45. The fourth-order valence-electron chi connectivity index (χ4n) is 6.50. The number of fused-ring (bicyclic) bond motifs is 2. The Hall–Kier alpha value is -2.58. The number of aliphatic hydroxyl groups excluding tert-OH is 1. The molecule has 0 aromatic heterocycles. The summed E-state index contributed by atoms with van der Waals surface area (Å²) in [5.41, 5.74) is 2.92. The summed E-state index contributed by atoms with van der Waals surface area (Å²) >= 11 is 1.61. The van der Waals surface area contributed by atoms with Crippen LogP contribution in [0, 0.1) is 25.7 Å². The second kappa shape index (κ2) is 9.06. The Bertz CT molecular complexity index is 1170. The third-order valence-corrected chi connectivity index (χ3v) is 10.0.